The molecule has 7 nitrogen and oxygen atoms in total. The van der Waals surface area contributed by atoms with E-state index in [1.54, 1.807) is 0 Å². The topological polar surface area (TPSA) is 75.2 Å². The van der Waals surface area contributed by atoms with Crippen LogP contribution in [0.3, 0.4) is 0 Å². The van der Waals surface area contributed by atoms with Crippen LogP contribution in [0, 0.1) is 0 Å². The van der Waals surface area contributed by atoms with Gasteiger partial charge in [0.15, 0.2) is 6.20 Å². The van der Waals surface area contributed by atoms with Gasteiger partial charge in [0.1, 0.15) is 0 Å². The summed E-state index contributed by atoms with van der Waals surface area (Å²) in [4.78, 5) is 25.8. The molecule has 1 unspecified atom stereocenters. The maximum absolute atomic E-state index is 14.3. The molecule has 1 atom stereocenters. The fourth-order valence-electron chi connectivity index (χ4n) is 10.6. The third-order valence-electron chi connectivity index (χ3n) is 13.5. The normalized spacial score (nSPS) is 15.5. The van der Waals surface area contributed by atoms with E-state index >= 15 is 0 Å². The van der Waals surface area contributed by atoms with Gasteiger partial charge in [-0.1, -0.05) is 121 Å². The second kappa shape index (κ2) is 14.8. The number of para-hydroxylation sites is 2. The third kappa shape index (κ3) is 5.84. The Balaban J connectivity index is 1.28. The lowest BCUT2D eigenvalue weighted by Gasteiger charge is -2.29. The maximum atomic E-state index is 14.3. The number of hydrogen-bond donors (Lipinski definition) is 1. The van der Waals surface area contributed by atoms with E-state index in [1.807, 2.05) is 36.4 Å². The SMILES string of the molecule is O=C(O)CCc1ccc(-c2ccc3[n+](c2)C2(COC3=O)C[n+]3c(c4ccccc4c4ccccc43)-c3ccccc3Cc3ccccc3-c3c4ccccc4c4ccccc4[n+]32)cc1. The van der Waals surface area contributed by atoms with E-state index in [4.69, 9.17) is 4.74 Å². The molecule has 64 heavy (non-hydrogen) atoms. The van der Waals surface area contributed by atoms with Crippen molar-refractivity contribution in [1.29, 1.82) is 0 Å². The van der Waals surface area contributed by atoms with Gasteiger partial charge in [-0.15, -0.1) is 9.13 Å². The molecule has 0 aliphatic carbocycles. The number of ether oxygens (including phenoxy) is 1. The average molecular weight is 833 g/mol. The number of benzene rings is 7. The molecule has 2 aliphatic rings. The second-order valence-electron chi connectivity index (χ2n) is 17.1. The summed E-state index contributed by atoms with van der Waals surface area (Å²) in [7, 11) is 0. The largest absolute Gasteiger partial charge is 0.481 e. The first-order valence-corrected chi connectivity index (χ1v) is 21.9. The lowest BCUT2D eigenvalue weighted by atomic mass is 9.90. The molecule has 2 aliphatic heterocycles. The Morgan fingerprint density at radius 3 is 1.77 bits per heavy atom. The molecule has 0 bridgehead atoms. The van der Waals surface area contributed by atoms with Crippen molar-refractivity contribution >= 4 is 55.3 Å². The van der Waals surface area contributed by atoms with E-state index in [2.05, 4.69) is 165 Å². The summed E-state index contributed by atoms with van der Waals surface area (Å²) in [5.41, 5.74) is 11.1. The molecular weight excluding hydrogens is 791 g/mol. The van der Waals surface area contributed by atoms with Gasteiger partial charge in [-0.25, -0.2) is 4.79 Å². The van der Waals surface area contributed by atoms with E-state index in [-0.39, 0.29) is 19.0 Å². The van der Waals surface area contributed by atoms with Crippen molar-refractivity contribution in [3.63, 3.8) is 0 Å². The van der Waals surface area contributed by atoms with Crippen molar-refractivity contribution in [3.05, 3.63) is 211 Å². The highest BCUT2D eigenvalue weighted by Gasteiger charge is 2.63. The average Bonchev–Trinajstić information content (AvgIpc) is 3.36. The number of esters is 1. The molecule has 306 valence electrons. The number of aromatic nitrogens is 3. The standard InChI is InChI=1S/C57H41N3O4/c61-53(62)32-27-37-25-28-38(29-26-37)41-30-31-52-56(63)64-36-57(59(52)34-41)35-58-50-23-11-9-19-46(50)44-17-5-7-21-48(44)54(58)42-15-3-1-13-39(42)33-40-14-2-4-16-43(40)55-49-22-8-6-18-45(49)47-20-10-12-24-51(47)60(55)57/h1-26,28-31,34H,27,32-33,35-36H2/q+2/p+1. The number of cyclic esters (lactones) is 1. The lowest BCUT2D eigenvalue weighted by molar-refractivity contribution is -1.01. The molecule has 1 N–H and O–H groups in total. The molecule has 7 aromatic carbocycles. The smallest absolute Gasteiger partial charge is 0.456 e. The molecule has 3 aromatic heterocycles. The number of carbonyl (C=O) groups excluding carboxylic acids is 1. The summed E-state index contributed by atoms with van der Waals surface area (Å²) in [6.07, 6.45) is 3.33. The Bertz CT molecular complexity index is 3580. The number of pyridine rings is 3. The summed E-state index contributed by atoms with van der Waals surface area (Å²) in [6, 6.07) is 64.3. The van der Waals surface area contributed by atoms with E-state index in [1.165, 1.54) is 16.5 Å². The Morgan fingerprint density at radius 1 is 0.562 bits per heavy atom. The minimum Gasteiger partial charge on any atom is -0.481 e. The number of rotatable bonds is 4. The van der Waals surface area contributed by atoms with Crippen LogP contribution in [0.25, 0.3) is 77.0 Å². The second-order valence-corrected chi connectivity index (χ2v) is 17.1. The molecule has 10 aromatic rings. The number of carbonyl (C=O) groups is 2. The van der Waals surface area contributed by atoms with Gasteiger partial charge in [-0.3, -0.25) is 4.79 Å². The van der Waals surface area contributed by atoms with Gasteiger partial charge in [0, 0.05) is 41.0 Å². The lowest BCUT2D eigenvalue weighted by Crippen LogP contribution is -2.83. The highest BCUT2D eigenvalue weighted by atomic mass is 16.5. The summed E-state index contributed by atoms with van der Waals surface area (Å²) in [5.74, 6) is -1.21. The van der Waals surface area contributed by atoms with Gasteiger partial charge in [-0.05, 0) is 77.6 Å². The molecule has 0 amide bonds. The number of aryl methyl sites for hydroxylation is 1. The van der Waals surface area contributed by atoms with Crippen LogP contribution in [-0.4, -0.2) is 23.7 Å². The Hall–Kier alpha value is -8.03. The molecule has 0 fully saturated rings. The number of hydrogen-bond acceptors (Lipinski definition) is 3. The van der Waals surface area contributed by atoms with Crippen LogP contribution >= 0.6 is 0 Å². The molecule has 0 saturated heterocycles. The van der Waals surface area contributed by atoms with Crippen molar-refractivity contribution in [1.82, 2.24) is 0 Å². The highest BCUT2D eigenvalue weighted by Crippen LogP contribution is 2.40. The Labute approximate surface area is 369 Å². The van der Waals surface area contributed by atoms with Gasteiger partial charge in [0.25, 0.3) is 12.2 Å². The van der Waals surface area contributed by atoms with Crippen molar-refractivity contribution < 1.29 is 33.1 Å². The van der Waals surface area contributed by atoms with Crippen LogP contribution in [0.5, 0.6) is 0 Å². The fourth-order valence-corrected chi connectivity index (χ4v) is 10.6. The van der Waals surface area contributed by atoms with Crippen LogP contribution in [0.2, 0.25) is 0 Å². The van der Waals surface area contributed by atoms with E-state index in [0.717, 1.165) is 77.2 Å². The number of aliphatic carboxylic acids is 1. The van der Waals surface area contributed by atoms with Gasteiger partial charge >= 0.3 is 17.6 Å². The summed E-state index contributed by atoms with van der Waals surface area (Å²) in [6.45, 7) is 0.422. The quantitative estimate of drug-likeness (QED) is 0.109. The van der Waals surface area contributed by atoms with Gasteiger partial charge in [0.05, 0.1) is 32.7 Å². The number of carboxylic acids is 1. The van der Waals surface area contributed by atoms with Crippen LogP contribution in [-0.2, 0) is 34.6 Å². The first-order valence-electron chi connectivity index (χ1n) is 21.9. The molecule has 5 heterocycles. The van der Waals surface area contributed by atoms with Gasteiger partial charge in [-0.2, -0.15) is 4.57 Å². The molecule has 7 heteroatoms. The number of carboxylic acid groups (broad SMARTS) is 1. The van der Waals surface area contributed by atoms with Gasteiger partial charge in [0.2, 0.25) is 29.0 Å². The molecule has 1 spiro atoms. The molecule has 12 rings (SSSR count). The van der Waals surface area contributed by atoms with Crippen LogP contribution in [0.15, 0.2) is 188 Å². The summed E-state index contributed by atoms with van der Waals surface area (Å²) < 4.78 is 13.7. The minimum absolute atomic E-state index is 0.0402. The first kappa shape index (κ1) is 37.7. The zero-order valence-electron chi connectivity index (χ0n) is 34.9. The van der Waals surface area contributed by atoms with E-state index in [0.29, 0.717) is 25.1 Å². The molecule has 0 radical (unpaired) electrons. The van der Waals surface area contributed by atoms with Crippen LogP contribution in [0.1, 0.15) is 33.6 Å². The first-order chi connectivity index (χ1) is 31.5. The van der Waals surface area contributed by atoms with Crippen LogP contribution < -0.4 is 13.7 Å². The van der Waals surface area contributed by atoms with Crippen molar-refractivity contribution in [2.75, 3.05) is 6.61 Å². The molecule has 0 saturated carbocycles. The molecular formula is C57H42N3O4+3. The van der Waals surface area contributed by atoms with Crippen LogP contribution in [0.4, 0.5) is 0 Å². The zero-order valence-corrected chi connectivity index (χ0v) is 34.9. The Morgan fingerprint density at radius 2 is 1.09 bits per heavy atom. The summed E-state index contributed by atoms with van der Waals surface area (Å²) in [5, 5.41) is 16.2. The highest BCUT2D eigenvalue weighted by molar-refractivity contribution is 6.10. The monoisotopic (exact) mass is 832 g/mol. The van der Waals surface area contributed by atoms with Crippen molar-refractivity contribution in [2.24, 2.45) is 0 Å². The minimum atomic E-state index is -1.10. The number of nitrogens with zero attached hydrogens (tertiary/aromatic N) is 3. The number of fused-ring (bicyclic) bond motifs is 19. The van der Waals surface area contributed by atoms with Crippen molar-refractivity contribution in [2.45, 2.75) is 31.5 Å². The fraction of sp³-hybridized carbons (Fsp3) is 0.105. The predicted octanol–water partition coefficient (Wildman–Crippen LogP) is 10.2. The third-order valence-corrected chi connectivity index (χ3v) is 13.5. The van der Waals surface area contributed by atoms with E-state index < -0.39 is 11.6 Å². The van der Waals surface area contributed by atoms with Crippen molar-refractivity contribution in [3.8, 4) is 33.6 Å². The Kier molecular flexibility index (Phi) is 8.73. The summed E-state index contributed by atoms with van der Waals surface area (Å²) >= 11 is 0. The predicted molar refractivity (Wildman–Crippen MR) is 249 cm³/mol. The van der Waals surface area contributed by atoms with E-state index in [9.17, 15) is 14.7 Å². The zero-order chi connectivity index (χ0) is 42.9. The maximum Gasteiger partial charge on any atom is 0.456 e. The van der Waals surface area contributed by atoms with Gasteiger partial charge < -0.3 is 9.84 Å².